The second kappa shape index (κ2) is 10.1. The maximum absolute atomic E-state index is 14.0. The molecule has 178 valence electrons. The number of methoxy groups -OCH3 is 1. The number of carbonyl (C=O) groups excluding carboxylic acids is 1. The topological polar surface area (TPSA) is 51.7 Å². The number of amides is 1. The third kappa shape index (κ3) is 4.67. The Hall–Kier alpha value is -2.92. The van der Waals surface area contributed by atoms with Gasteiger partial charge in [0, 0.05) is 37.9 Å². The van der Waals surface area contributed by atoms with Gasteiger partial charge >= 0.3 is 0 Å². The van der Waals surface area contributed by atoms with E-state index in [9.17, 15) is 4.79 Å². The molecule has 2 fully saturated rings. The van der Waals surface area contributed by atoms with E-state index in [-0.39, 0.29) is 5.91 Å². The maximum atomic E-state index is 14.0. The van der Waals surface area contributed by atoms with Gasteiger partial charge < -0.3 is 14.4 Å². The summed E-state index contributed by atoms with van der Waals surface area (Å²) in [6, 6.07) is 18.8. The molecule has 0 bridgehead atoms. The minimum Gasteiger partial charge on any atom is -0.497 e. The smallest absolute Gasteiger partial charge is 0.233 e. The number of carbonyl (C=O) groups is 1. The van der Waals surface area contributed by atoms with E-state index < -0.39 is 5.41 Å². The molecule has 0 saturated carbocycles. The predicted octanol–water partition coefficient (Wildman–Crippen LogP) is 5.16. The lowest BCUT2D eigenvalue weighted by atomic mass is 9.73. The van der Waals surface area contributed by atoms with E-state index in [1.807, 2.05) is 24.4 Å². The van der Waals surface area contributed by atoms with Gasteiger partial charge in [0.1, 0.15) is 5.75 Å². The summed E-state index contributed by atoms with van der Waals surface area (Å²) in [5.41, 5.74) is 3.01. The quantitative estimate of drug-likeness (QED) is 0.530. The Morgan fingerprint density at radius 3 is 2.71 bits per heavy atom. The zero-order valence-corrected chi connectivity index (χ0v) is 20.0. The molecule has 5 heteroatoms. The summed E-state index contributed by atoms with van der Waals surface area (Å²) in [7, 11) is 1.67. The molecule has 3 aromatic rings. The molecule has 2 aliphatic heterocycles. The minimum absolute atomic E-state index is 0.276. The maximum Gasteiger partial charge on any atom is 0.233 e. The van der Waals surface area contributed by atoms with Crippen molar-refractivity contribution in [3.8, 4) is 5.75 Å². The average Bonchev–Trinajstić information content (AvgIpc) is 3.14. The van der Waals surface area contributed by atoms with Crippen molar-refractivity contribution >= 4 is 16.8 Å². The summed E-state index contributed by atoms with van der Waals surface area (Å²) in [4.78, 5) is 20.6. The fourth-order valence-electron chi connectivity index (χ4n) is 5.72. The van der Waals surface area contributed by atoms with E-state index in [1.165, 1.54) is 10.9 Å². The zero-order chi connectivity index (χ0) is 23.4. The molecule has 0 aliphatic carbocycles. The number of hydrogen-bond donors (Lipinski definition) is 0. The Bertz CT molecular complexity index is 1120. The molecule has 0 radical (unpaired) electrons. The first-order valence-electron chi connectivity index (χ1n) is 12.5. The van der Waals surface area contributed by atoms with Crippen LogP contribution < -0.4 is 4.74 Å². The number of nitrogens with zero attached hydrogens (tertiary/aromatic N) is 2. The number of aromatic nitrogens is 1. The molecule has 1 amide bonds. The van der Waals surface area contributed by atoms with Crippen molar-refractivity contribution in [3.05, 3.63) is 71.9 Å². The summed E-state index contributed by atoms with van der Waals surface area (Å²) in [6.07, 6.45) is 7.65. The molecule has 2 saturated heterocycles. The minimum atomic E-state index is -0.490. The van der Waals surface area contributed by atoms with Crippen LogP contribution in [0, 0.1) is 5.92 Å². The van der Waals surface area contributed by atoms with Crippen LogP contribution in [0.15, 0.2) is 60.8 Å². The second-order valence-electron chi connectivity index (χ2n) is 9.75. The second-order valence-corrected chi connectivity index (χ2v) is 9.75. The molecular weight excluding hydrogens is 424 g/mol. The van der Waals surface area contributed by atoms with E-state index in [0.717, 1.165) is 68.4 Å². The van der Waals surface area contributed by atoms with Crippen LogP contribution in [-0.4, -0.2) is 49.2 Å². The highest BCUT2D eigenvalue weighted by Crippen LogP contribution is 2.38. The first kappa shape index (κ1) is 22.9. The monoisotopic (exact) mass is 458 g/mol. The van der Waals surface area contributed by atoms with E-state index in [4.69, 9.17) is 9.47 Å². The number of likely N-dealkylation sites (tertiary alicyclic amines) is 1. The number of rotatable bonds is 5. The summed E-state index contributed by atoms with van der Waals surface area (Å²) in [5.74, 6) is 1.69. The Morgan fingerprint density at radius 1 is 1.09 bits per heavy atom. The van der Waals surface area contributed by atoms with Crippen molar-refractivity contribution in [2.45, 2.75) is 43.9 Å². The molecule has 1 atom stereocenters. The van der Waals surface area contributed by atoms with E-state index in [2.05, 4.69) is 46.3 Å². The van der Waals surface area contributed by atoms with E-state index >= 15 is 0 Å². The number of ether oxygens (including phenoxy) is 2. The zero-order valence-electron chi connectivity index (χ0n) is 20.0. The van der Waals surface area contributed by atoms with Crippen LogP contribution in [0.1, 0.15) is 43.2 Å². The number of pyridine rings is 1. The molecule has 1 aromatic heterocycles. The van der Waals surface area contributed by atoms with Gasteiger partial charge in [-0.1, -0.05) is 24.3 Å². The first-order valence-corrected chi connectivity index (χ1v) is 12.5. The summed E-state index contributed by atoms with van der Waals surface area (Å²) in [5, 5.41) is 1.20. The fraction of sp³-hybridized carbons (Fsp3) is 0.448. The summed E-state index contributed by atoms with van der Waals surface area (Å²) < 4.78 is 11.0. The molecule has 3 heterocycles. The van der Waals surface area contributed by atoms with Crippen LogP contribution in [0.5, 0.6) is 5.75 Å². The Morgan fingerprint density at radius 2 is 1.91 bits per heavy atom. The molecule has 34 heavy (non-hydrogen) atoms. The molecular formula is C29H34N2O3. The fourth-order valence-corrected chi connectivity index (χ4v) is 5.72. The average molecular weight is 459 g/mol. The first-order chi connectivity index (χ1) is 16.7. The molecule has 2 aliphatic rings. The van der Waals surface area contributed by atoms with Crippen LogP contribution in [0.2, 0.25) is 0 Å². The highest BCUT2D eigenvalue weighted by molar-refractivity contribution is 5.88. The number of fused-ring (bicyclic) bond motifs is 1. The van der Waals surface area contributed by atoms with E-state index in [1.54, 1.807) is 7.11 Å². The molecule has 5 rings (SSSR count). The summed E-state index contributed by atoms with van der Waals surface area (Å²) >= 11 is 0. The lowest BCUT2D eigenvalue weighted by molar-refractivity contribution is -0.141. The Balaban J connectivity index is 1.29. The Kier molecular flexibility index (Phi) is 6.82. The number of benzene rings is 2. The molecule has 5 nitrogen and oxygen atoms in total. The van der Waals surface area contributed by atoms with Gasteiger partial charge in [-0.25, -0.2) is 0 Å². The van der Waals surface area contributed by atoms with Gasteiger partial charge in [0.2, 0.25) is 5.91 Å². The lowest BCUT2D eigenvalue weighted by Crippen LogP contribution is -2.50. The van der Waals surface area contributed by atoms with Gasteiger partial charge in [0.15, 0.2) is 0 Å². The molecule has 2 aromatic carbocycles. The predicted molar refractivity (Wildman–Crippen MR) is 134 cm³/mol. The van der Waals surface area contributed by atoms with Crippen molar-refractivity contribution in [2.75, 3.05) is 33.4 Å². The van der Waals surface area contributed by atoms with Gasteiger partial charge in [-0.3, -0.25) is 9.78 Å². The van der Waals surface area contributed by atoms with Gasteiger partial charge in [-0.05, 0) is 85.9 Å². The van der Waals surface area contributed by atoms with Crippen molar-refractivity contribution in [3.63, 3.8) is 0 Å². The largest absolute Gasteiger partial charge is 0.497 e. The van der Waals surface area contributed by atoms with Gasteiger partial charge in [0.05, 0.1) is 18.0 Å². The molecule has 0 spiro atoms. The standard InChI is InChI=1S/C29H34N2O3/c1-33-26-9-7-25(8-10-26)29(13-18-34-19-14-29)28(32)31-16-3-4-22(12-17-31)20-23-6-11-27-24(21-23)5-2-15-30-27/h2,5-11,15,21-22H,3-4,12-14,16-20H2,1H3/t22-/m0/s1. The molecule has 0 unspecified atom stereocenters. The van der Waals surface area contributed by atoms with Crippen molar-refractivity contribution < 1.29 is 14.3 Å². The highest BCUT2D eigenvalue weighted by atomic mass is 16.5. The van der Waals surface area contributed by atoms with E-state index in [0.29, 0.717) is 19.1 Å². The van der Waals surface area contributed by atoms with Crippen LogP contribution in [0.4, 0.5) is 0 Å². The number of hydrogen-bond acceptors (Lipinski definition) is 4. The van der Waals surface area contributed by atoms with Crippen LogP contribution in [0.25, 0.3) is 10.9 Å². The van der Waals surface area contributed by atoms with Crippen molar-refractivity contribution in [1.29, 1.82) is 0 Å². The van der Waals surface area contributed by atoms with Crippen LogP contribution in [-0.2, 0) is 21.4 Å². The normalized spacial score (nSPS) is 20.6. The van der Waals surface area contributed by atoms with Gasteiger partial charge in [-0.2, -0.15) is 0 Å². The van der Waals surface area contributed by atoms with Crippen LogP contribution in [0.3, 0.4) is 0 Å². The van der Waals surface area contributed by atoms with Gasteiger partial charge in [0.25, 0.3) is 0 Å². The lowest BCUT2D eigenvalue weighted by Gasteiger charge is -2.40. The van der Waals surface area contributed by atoms with Crippen molar-refractivity contribution in [2.24, 2.45) is 5.92 Å². The third-order valence-electron chi connectivity index (χ3n) is 7.73. The molecule has 0 N–H and O–H groups in total. The highest BCUT2D eigenvalue weighted by Gasteiger charge is 2.44. The van der Waals surface area contributed by atoms with Gasteiger partial charge in [-0.15, -0.1) is 0 Å². The van der Waals surface area contributed by atoms with Crippen molar-refractivity contribution in [1.82, 2.24) is 9.88 Å². The van der Waals surface area contributed by atoms with Crippen LogP contribution >= 0.6 is 0 Å². The third-order valence-corrected chi connectivity index (χ3v) is 7.73. The Labute approximate surface area is 202 Å². The summed E-state index contributed by atoms with van der Waals surface area (Å²) in [6.45, 7) is 2.93. The SMILES string of the molecule is COc1ccc(C2(C(=O)N3CCC[C@H](Cc4ccc5ncccc5c4)CC3)CCOCC2)cc1.